The number of aryl methyl sites for hydroxylation is 1. The van der Waals surface area contributed by atoms with Gasteiger partial charge in [-0.05, 0) is 19.8 Å². The summed E-state index contributed by atoms with van der Waals surface area (Å²) >= 11 is 0. The summed E-state index contributed by atoms with van der Waals surface area (Å²) in [7, 11) is 0. The first-order valence-electron chi connectivity index (χ1n) is 6.90. The fraction of sp³-hybridized carbons (Fsp3) is 0.692. The molecule has 0 spiro atoms. The quantitative estimate of drug-likeness (QED) is 0.881. The molecule has 18 heavy (non-hydrogen) atoms. The molecule has 1 unspecified atom stereocenters. The van der Waals surface area contributed by atoms with Crippen molar-refractivity contribution in [2.45, 2.75) is 51.2 Å². The maximum absolute atomic E-state index is 6.07. The van der Waals surface area contributed by atoms with Gasteiger partial charge in [0.1, 0.15) is 0 Å². The minimum atomic E-state index is 0.299. The molecule has 0 saturated heterocycles. The third-order valence-corrected chi connectivity index (χ3v) is 4.11. The molecule has 1 saturated carbocycles. The van der Waals surface area contributed by atoms with Crippen LogP contribution in [-0.2, 0) is 6.54 Å². The van der Waals surface area contributed by atoms with E-state index in [0.29, 0.717) is 12.1 Å². The highest BCUT2D eigenvalue weighted by Gasteiger charge is 2.35. The van der Waals surface area contributed by atoms with E-state index in [1.54, 1.807) is 0 Å². The highest BCUT2D eigenvalue weighted by atomic mass is 15.4. The van der Waals surface area contributed by atoms with E-state index in [1.165, 1.54) is 31.2 Å². The predicted molar refractivity (Wildman–Crippen MR) is 71.2 cm³/mol. The van der Waals surface area contributed by atoms with Crippen LogP contribution in [0.3, 0.4) is 0 Å². The summed E-state index contributed by atoms with van der Waals surface area (Å²) in [6.45, 7) is 3.79. The van der Waals surface area contributed by atoms with Crippen LogP contribution in [0.5, 0.6) is 0 Å². The van der Waals surface area contributed by atoms with Crippen molar-refractivity contribution in [1.82, 2.24) is 14.7 Å². The molecule has 1 fully saturated rings. The molecule has 2 N–H and O–H groups in total. The van der Waals surface area contributed by atoms with Gasteiger partial charge in [-0.25, -0.2) is 0 Å². The van der Waals surface area contributed by atoms with Gasteiger partial charge in [-0.3, -0.25) is 9.67 Å². The number of guanidine groups is 1. The Balaban J connectivity index is 1.82. The number of aliphatic imine (C=N–C) groups is 1. The number of rotatable bonds is 3. The molecule has 5 nitrogen and oxygen atoms in total. The van der Waals surface area contributed by atoms with Crippen molar-refractivity contribution < 1.29 is 0 Å². The number of hydrogen-bond acceptors (Lipinski definition) is 4. The summed E-state index contributed by atoms with van der Waals surface area (Å²) in [6.07, 6.45) is 9.21. The molecule has 1 aliphatic heterocycles. The van der Waals surface area contributed by atoms with E-state index in [-0.39, 0.29) is 0 Å². The first kappa shape index (κ1) is 11.6. The van der Waals surface area contributed by atoms with Crippen molar-refractivity contribution in [2.24, 2.45) is 10.7 Å². The second-order valence-electron chi connectivity index (χ2n) is 5.19. The second-order valence-corrected chi connectivity index (χ2v) is 5.19. The van der Waals surface area contributed by atoms with E-state index < -0.39 is 0 Å². The van der Waals surface area contributed by atoms with E-state index >= 15 is 0 Å². The Bertz CT molecular complexity index is 444. The molecule has 0 aromatic carbocycles. The average molecular weight is 247 g/mol. The van der Waals surface area contributed by atoms with Crippen molar-refractivity contribution in [3.63, 3.8) is 0 Å². The van der Waals surface area contributed by atoms with Gasteiger partial charge in [-0.15, -0.1) is 0 Å². The number of hydrogen-bond donors (Lipinski definition) is 1. The number of nitrogens with zero attached hydrogens (tertiary/aromatic N) is 4. The van der Waals surface area contributed by atoms with Crippen LogP contribution in [0.2, 0.25) is 0 Å². The van der Waals surface area contributed by atoms with Crippen LogP contribution in [0.1, 0.15) is 44.2 Å². The molecule has 5 heteroatoms. The fourth-order valence-corrected chi connectivity index (χ4v) is 3.12. The molecule has 3 rings (SSSR count). The zero-order valence-electron chi connectivity index (χ0n) is 10.9. The average Bonchev–Trinajstić information content (AvgIpc) is 3.07. The molecule has 98 valence electrons. The van der Waals surface area contributed by atoms with Crippen LogP contribution in [0, 0.1) is 0 Å². The summed E-state index contributed by atoms with van der Waals surface area (Å²) in [5, 5.41) is 4.36. The van der Waals surface area contributed by atoms with Crippen LogP contribution >= 0.6 is 0 Å². The van der Waals surface area contributed by atoms with Crippen molar-refractivity contribution in [2.75, 3.05) is 6.54 Å². The highest BCUT2D eigenvalue weighted by molar-refractivity contribution is 5.80. The molecular formula is C13H21N5. The Morgan fingerprint density at radius 2 is 2.17 bits per heavy atom. The first-order valence-corrected chi connectivity index (χ1v) is 6.90. The molecule has 0 bridgehead atoms. The zero-order valence-corrected chi connectivity index (χ0v) is 10.9. The highest BCUT2D eigenvalue weighted by Crippen LogP contribution is 2.33. The third kappa shape index (κ3) is 1.87. The van der Waals surface area contributed by atoms with E-state index in [0.717, 1.165) is 19.0 Å². The Morgan fingerprint density at radius 3 is 2.83 bits per heavy atom. The monoisotopic (exact) mass is 247 g/mol. The molecule has 2 aliphatic rings. The van der Waals surface area contributed by atoms with E-state index in [2.05, 4.69) is 28.1 Å². The summed E-state index contributed by atoms with van der Waals surface area (Å²) < 4.78 is 1.97. The van der Waals surface area contributed by atoms with Crippen LogP contribution in [0.4, 0.5) is 0 Å². The maximum atomic E-state index is 6.07. The van der Waals surface area contributed by atoms with E-state index in [1.807, 2.05) is 10.9 Å². The van der Waals surface area contributed by atoms with Crippen molar-refractivity contribution in [1.29, 1.82) is 0 Å². The minimum Gasteiger partial charge on any atom is -0.370 e. The van der Waals surface area contributed by atoms with Gasteiger partial charge in [0, 0.05) is 24.3 Å². The summed E-state index contributed by atoms with van der Waals surface area (Å²) in [5.41, 5.74) is 7.32. The van der Waals surface area contributed by atoms with Crippen LogP contribution in [-0.4, -0.2) is 33.2 Å². The van der Waals surface area contributed by atoms with Crippen LogP contribution in [0.15, 0.2) is 17.4 Å². The van der Waals surface area contributed by atoms with Gasteiger partial charge in [0.05, 0.1) is 18.8 Å². The van der Waals surface area contributed by atoms with Crippen molar-refractivity contribution in [3.8, 4) is 0 Å². The lowest BCUT2D eigenvalue weighted by Gasteiger charge is -2.31. The smallest absolute Gasteiger partial charge is 0.192 e. The van der Waals surface area contributed by atoms with Gasteiger partial charge < -0.3 is 10.6 Å². The maximum Gasteiger partial charge on any atom is 0.192 e. The Hall–Kier alpha value is -1.52. The van der Waals surface area contributed by atoms with Gasteiger partial charge in [0.15, 0.2) is 5.96 Å². The lowest BCUT2D eigenvalue weighted by atomic mass is 10.1. The Morgan fingerprint density at radius 1 is 1.39 bits per heavy atom. The molecular weight excluding hydrogens is 226 g/mol. The molecule has 0 radical (unpaired) electrons. The Labute approximate surface area is 108 Å². The van der Waals surface area contributed by atoms with Crippen LogP contribution < -0.4 is 5.73 Å². The normalized spacial score (nSPS) is 24.8. The van der Waals surface area contributed by atoms with Gasteiger partial charge in [0.25, 0.3) is 0 Å². The molecule has 2 heterocycles. The van der Waals surface area contributed by atoms with Gasteiger partial charge >= 0.3 is 0 Å². The number of nitrogens with two attached hydrogens (primary N) is 1. The lowest BCUT2D eigenvalue weighted by molar-refractivity contribution is 0.262. The van der Waals surface area contributed by atoms with Gasteiger partial charge in [-0.2, -0.15) is 5.10 Å². The lowest BCUT2D eigenvalue weighted by Crippen LogP contribution is -2.42. The minimum absolute atomic E-state index is 0.299. The molecule has 0 amide bonds. The molecule has 1 atom stereocenters. The molecule has 1 aromatic heterocycles. The summed E-state index contributed by atoms with van der Waals surface area (Å²) in [5.74, 6) is 0.719. The van der Waals surface area contributed by atoms with E-state index in [9.17, 15) is 0 Å². The second kappa shape index (κ2) is 4.63. The van der Waals surface area contributed by atoms with Gasteiger partial charge in [-0.1, -0.05) is 12.8 Å². The summed E-state index contributed by atoms with van der Waals surface area (Å²) in [4.78, 5) is 6.76. The van der Waals surface area contributed by atoms with E-state index in [4.69, 9.17) is 5.73 Å². The molecule has 1 aliphatic carbocycles. The summed E-state index contributed by atoms with van der Waals surface area (Å²) in [6, 6.07) is 0.875. The van der Waals surface area contributed by atoms with Crippen molar-refractivity contribution >= 4 is 5.96 Å². The Kier molecular flexibility index (Phi) is 2.97. The van der Waals surface area contributed by atoms with Crippen LogP contribution in [0.25, 0.3) is 0 Å². The third-order valence-electron chi connectivity index (χ3n) is 4.11. The predicted octanol–water partition coefficient (Wildman–Crippen LogP) is 1.52. The standard InChI is InChI=1S/C13H21N5/c1-2-17-9-10(7-16-17)12-8-15-13(14)18(12)11-5-3-4-6-11/h7,9,11-12H,2-6,8H2,1H3,(H2,14,15). The first-order chi connectivity index (χ1) is 8.79. The van der Waals surface area contributed by atoms with Crippen molar-refractivity contribution in [3.05, 3.63) is 18.0 Å². The van der Waals surface area contributed by atoms with Gasteiger partial charge in [0.2, 0.25) is 0 Å². The number of aromatic nitrogens is 2. The SMILES string of the molecule is CCn1cc(C2CN=C(N)N2C2CCCC2)cn1. The fourth-order valence-electron chi connectivity index (χ4n) is 3.12. The molecule has 1 aromatic rings. The largest absolute Gasteiger partial charge is 0.370 e. The topological polar surface area (TPSA) is 59.4 Å². The zero-order chi connectivity index (χ0) is 12.5.